The molecule has 0 aromatic carbocycles. The van der Waals surface area contributed by atoms with Crippen LogP contribution < -0.4 is 5.01 Å². The predicted molar refractivity (Wildman–Crippen MR) is 65.9 cm³/mol. The lowest BCUT2D eigenvalue weighted by molar-refractivity contribution is -0.117. The number of carbonyl (C=O) groups is 2. The standard InChI is InChI=1S/C11H14N2O2S/c1-8(7-9(2)14)12-13(10(3)15)11-5-4-6-16-11/h4-6H,7H2,1-3H3/b12-8+. The first kappa shape index (κ1) is 12.6. The van der Waals surface area contributed by atoms with Gasteiger partial charge in [-0.2, -0.15) is 10.1 Å². The molecule has 1 heterocycles. The molecule has 0 spiro atoms. The van der Waals surface area contributed by atoms with Crippen LogP contribution in [-0.2, 0) is 9.59 Å². The topological polar surface area (TPSA) is 49.7 Å². The van der Waals surface area contributed by atoms with Crippen LogP contribution in [-0.4, -0.2) is 17.4 Å². The number of Topliss-reactive ketones (excluding diaryl/α,β-unsaturated/α-hetero) is 1. The summed E-state index contributed by atoms with van der Waals surface area (Å²) in [5.41, 5.74) is 0.635. The summed E-state index contributed by atoms with van der Waals surface area (Å²) in [5, 5.41) is 8.11. The van der Waals surface area contributed by atoms with Gasteiger partial charge in [-0.3, -0.25) is 9.59 Å². The summed E-state index contributed by atoms with van der Waals surface area (Å²) in [7, 11) is 0. The third-order valence-electron chi connectivity index (χ3n) is 1.79. The minimum atomic E-state index is -0.162. The lowest BCUT2D eigenvalue weighted by atomic mass is 10.2. The summed E-state index contributed by atoms with van der Waals surface area (Å²) in [6.07, 6.45) is 0.273. The maximum absolute atomic E-state index is 11.4. The van der Waals surface area contributed by atoms with Gasteiger partial charge in [0.1, 0.15) is 10.8 Å². The lowest BCUT2D eigenvalue weighted by Gasteiger charge is -2.13. The van der Waals surface area contributed by atoms with Gasteiger partial charge < -0.3 is 0 Å². The van der Waals surface area contributed by atoms with Crippen LogP contribution in [0.3, 0.4) is 0 Å². The Bertz CT molecular complexity index is 410. The molecule has 0 saturated heterocycles. The molecule has 0 N–H and O–H groups in total. The van der Waals surface area contributed by atoms with E-state index in [0.717, 1.165) is 5.00 Å². The van der Waals surface area contributed by atoms with Crippen molar-refractivity contribution in [3.8, 4) is 0 Å². The van der Waals surface area contributed by atoms with Gasteiger partial charge in [-0.25, -0.2) is 0 Å². The molecule has 0 aliphatic heterocycles. The Morgan fingerprint density at radius 1 is 1.38 bits per heavy atom. The molecule has 1 rings (SSSR count). The molecule has 0 unspecified atom stereocenters. The molecule has 0 aliphatic rings. The van der Waals surface area contributed by atoms with Gasteiger partial charge in [-0.15, -0.1) is 11.3 Å². The highest BCUT2D eigenvalue weighted by atomic mass is 32.1. The molecule has 86 valence electrons. The summed E-state index contributed by atoms with van der Waals surface area (Å²) in [6.45, 7) is 4.69. The van der Waals surface area contributed by atoms with E-state index in [4.69, 9.17) is 0 Å². The number of rotatable bonds is 4. The number of amides is 1. The molecule has 0 fully saturated rings. The SMILES string of the molecule is CC(=O)C/C(C)=N/N(C(C)=O)c1cccs1. The van der Waals surface area contributed by atoms with Crippen molar-refractivity contribution in [2.24, 2.45) is 5.10 Å². The van der Waals surface area contributed by atoms with Gasteiger partial charge in [0.15, 0.2) is 0 Å². The summed E-state index contributed by atoms with van der Waals surface area (Å²) in [4.78, 5) is 22.3. The number of anilines is 1. The van der Waals surface area contributed by atoms with E-state index in [1.807, 2.05) is 17.5 Å². The summed E-state index contributed by atoms with van der Waals surface area (Å²) < 4.78 is 0. The Hall–Kier alpha value is -1.49. The van der Waals surface area contributed by atoms with Gasteiger partial charge >= 0.3 is 0 Å². The van der Waals surface area contributed by atoms with E-state index < -0.39 is 0 Å². The number of ketones is 1. The number of hydrogen-bond acceptors (Lipinski definition) is 4. The van der Waals surface area contributed by atoms with Crippen molar-refractivity contribution in [1.82, 2.24) is 0 Å². The second kappa shape index (κ2) is 5.55. The molecular weight excluding hydrogens is 224 g/mol. The van der Waals surface area contributed by atoms with E-state index in [9.17, 15) is 9.59 Å². The average Bonchev–Trinajstić information content (AvgIpc) is 2.64. The zero-order valence-corrected chi connectivity index (χ0v) is 10.4. The Morgan fingerprint density at radius 2 is 2.06 bits per heavy atom. The molecule has 0 aliphatic carbocycles. The van der Waals surface area contributed by atoms with Crippen LogP contribution in [0.4, 0.5) is 5.00 Å². The number of hydrazone groups is 1. The Kier molecular flexibility index (Phi) is 4.37. The highest BCUT2D eigenvalue weighted by Crippen LogP contribution is 2.21. The van der Waals surface area contributed by atoms with Crippen LogP contribution in [0.5, 0.6) is 0 Å². The van der Waals surface area contributed by atoms with Crippen molar-refractivity contribution < 1.29 is 9.59 Å². The van der Waals surface area contributed by atoms with E-state index >= 15 is 0 Å². The van der Waals surface area contributed by atoms with Gasteiger partial charge in [-0.05, 0) is 31.4 Å². The molecule has 1 aromatic rings. The van der Waals surface area contributed by atoms with Crippen LogP contribution in [0.15, 0.2) is 22.6 Å². The predicted octanol–water partition coefficient (Wildman–Crippen LogP) is 2.46. The van der Waals surface area contributed by atoms with Crippen LogP contribution >= 0.6 is 11.3 Å². The molecule has 16 heavy (non-hydrogen) atoms. The van der Waals surface area contributed by atoms with E-state index in [2.05, 4.69) is 5.10 Å². The maximum Gasteiger partial charge on any atom is 0.245 e. The van der Waals surface area contributed by atoms with Gasteiger partial charge in [0.25, 0.3) is 0 Å². The van der Waals surface area contributed by atoms with Crippen molar-refractivity contribution in [3.63, 3.8) is 0 Å². The minimum Gasteiger partial charge on any atom is -0.300 e. The fraction of sp³-hybridized carbons (Fsp3) is 0.364. The van der Waals surface area contributed by atoms with Gasteiger partial charge in [0, 0.05) is 19.1 Å². The first-order valence-corrected chi connectivity index (χ1v) is 5.76. The number of hydrogen-bond donors (Lipinski definition) is 0. The van der Waals surface area contributed by atoms with E-state index in [-0.39, 0.29) is 18.1 Å². The smallest absolute Gasteiger partial charge is 0.245 e. The molecular formula is C11H14N2O2S. The molecule has 0 atom stereocenters. The fourth-order valence-corrected chi connectivity index (χ4v) is 1.95. The van der Waals surface area contributed by atoms with E-state index in [1.54, 1.807) is 6.92 Å². The largest absolute Gasteiger partial charge is 0.300 e. The zero-order valence-electron chi connectivity index (χ0n) is 9.56. The lowest BCUT2D eigenvalue weighted by Crippen LogP contribution is -2.23. The third kappa shape index (κ3) is 3.58. The molecule has 4 nitrogen and oxygen atoms in total. The van der Waals surface area contributed by atoms with Gasteiger partial charge in [0.05, 0.1) is 0 Å². The fourth-order valence-electron chi connectivity index (χ4n) is 1.23. The number of carbonyl (C=O) groups excluding carboxylic acids is 2. The molecule has 0 radical (unpaired) electrons. The Balaban J connectivity index is 2.88. The molecule has 1 amide bonds. The highest BCUT2D eigenvalue weighted by molar-refractivity contribution is 7.14. The Labute approximate surface area is 98.6 Å². The summed E-state index contributed by atoms with van der Waals surface area (Å²) in [5.74, 6) is -0.124. The zero-order chi connectivity index (χ0) is 12.1. The highest BCUT2D eigenvalue weighted by Gasteiger charge is 2.11. The monoisotopic (exact) mass is 238 g/mol. The molecule has 5 heteroatoms. The van der Waals surface area contributed by atoms with Crippen molar-refractivity contribution in [1.29, 1.82) is 0 Å². The van der Waals surface area contributed by atoms with Crippen LogP contribution in [0.2, 0.25) is 0 Å². The normalized spacial score (nSPS) is 11.3. The summed E-state index contributed by atoms with van der Waals surface area (Å²) in [6, 6.07) is 3.67. The number of nitrogens with zero attached hydrogens (tertiary/aromatic N) is 2. The van der Waals surface area contributed by atoms with Crippen LogP contribution in [0.25, 0.3) is 0 Å². The van der Waals surface area contributed by atoms with Crippen molar-refractivity contribution in [3.05, 3.63) is 17.5 Å². The first-order chi connectivity index (χ1) is 7.50. The first-order valence-electron chi connectivity index (χ1n) is 4.88. The molecule has 0 bridgehead atoms. The second-order valence-electron chi connectivity index (χ2n) is 3.50. The van der Waals surface area contributed by atoms with Crippen molar-refractivity contribution in [2.75, 3.05) is 5.01 Å². The molecule has 0 saturated carbocycles. The maximum atomic E-state index is 11.4. The summed E-state index contributed by atoms with van der Waals surface area (Å²) >= 11 is 1.43. The third-order valence-corrected chi connectivity index (χ3v) is 2.63. The van der Waals surface area contributed by atoms with Gasteiger partial charge in [-0.1, -0.05) is 0 Å². The van der Waals surface area contributed by atoms with Crippen LogP contribution in [0, 0.1) is 0 Å². The quantitative estimate of drug-likeness (QED) is 0.597. The van der Waals surface area contributed by atoms with E-state index in [0.29, 0.717) is 5.71 Å². The minimum absolute atomic E-state index is 0.0379. The van der Waals surface area contributed by atoms with Crippen molar-refractivity contribution >= 4 is 33.7 Å². The average molecular weight is 238 g/mol. The van der Waals surface area contributed by atoms with E-state index in [1.165, 1.54) is 30.2 Å². The van der Waals surface area contributed by atoms with Crippen molar-refractivity contribution in [2.45, 2.75) is 27.2 Å². The number of thiophene rings is 1. The second-order valence-corrected chi connectivity index (χ2v) is 4.42. The molecule has 1 aromatic heterocycles. The van der Waals surface area contributed by atoms with Crippen LogP contribution in [0.1, 0.15) is 27.2 Å². The van der Waals surface area contributed by atoms with Gasteiger partial charge in [0.2, 0.25) is 5.91 Å². The Morgan fingerprint density at radius 3 is 2.50 bits per heavy atom.